The molecule has 0 atom stereocenters. The van der Waals surface area contributed by atoms with E-state index in [-0.39, 0.29) is 12.5 Å². The van der Waals surface area contributed by atoms with Gasteiger partial charge in [-0.25, -0.2) is 9.97 Å². The van der Waals surface area contributed by atoms with Crippen LogP contribution in [-0.4, -0.2) is 52.2 Å². The Morgan fingerprint density at radius 1 is 1.04 bits per heavy atom. The summed E-state index contributed by atoms with van der Waals surface area (Å²) >= 11 is 0. The SMILES string of the molecule is O=C(NCCNCCO)c1cccc(-c2nc3ccccc3[nH]2)n1. The molecule has 7 heteroatoms. The third-order valence-corrected chi connectivity index (χ3v) is 3.49. The lowest BCUT2D eigenvalue weighted by Crippen LogP contribution is -2.33. The van der Waals surface area contributed by atoms with Crippen molar-refractivity contribution in [3.63, 3.8) is 0 Å². The summed E-state index contributed by atoms with van der Waals surface area (Å²) in [5.41, 5.74) is 2.76. The Morgan fingerprint density at radius 3 is 2.75 bits per heavy atom. The maximum Gasteiger partial charge on any atom is 0.269 e. The lowest BCUT2D eigenvalue weighted by molar-refractivity contribution is 0.0949. The largest absolute Gasteiger partial charge is 0.395 e. The highest BCUT2D eigenvalue weighted by atomic mass is 16.3. The molecule has 3 aromatic rings. The van der Waals surface area contributed by atoms with Crippen LogP contribution in [0, 0.1) is 0 Å². The molecule has 124 valence electrons. The molecule has 0 aliphatic carbocycles. The molecule has 4 N–H and O–H groups in total. The molecule has 1 amide bonds. The first kappa shape index (κ1) is 16.1. The third-order valence-electron chi connectivity index (χ3n) is 3.49. The highest BCUT2D eigenvalue weighted by molar-refractivity contribution is 5.92. The van der Waals surface area contributed by atoms with Crippen molar-refractivity contribution < 1.29 is 9.90 Å². The number of rotatable bonds is 7. The van der Waals surface area contributed by atoms with Gasteiger partial charge in [0.05, 0.1) is 17.6 Å². The summed E-state index contributed by atoms with van der Waals surface area (Å²) in [7, 11) is 0. The molecule has 0 saturated heterocycles. The Labute approximate surface area is 139 Å². The number of pyridine rings is 1. The highest BCUT2D eigenvalue weighted by Gasteiger charge is 2.11. The Kier molecular flexibility index (Phi) is 5.15. The number of hydrogen-bond acceptors (Lipinski definition) is 5. The normalized spacial score (nSPS) is 10.9. The minimum atomic E-state index is -0.237. The van der Waals surface area contributed by atoms with Crippen LogP contribution in [0.15, 0.2) is 42.5 Å². The monoisotopic (exact) mass is 325 g/mol. The zero-order valence-electron chi connectivity index (χ0n) is 13.1. The van der Waals surface area contributed by atoms with E-state index in [1.54, 1.807) is 12.1 Å². The second-order valence-electron chi connectivity index (χ2n) is 5.24. The number of imidazole rings is 1. The smallest absolute Gasteiger partial charge is 0.269 e. The summed E-state index contributed by atoms with van der Waals surface area (Å²) in [4.78, 5) is 24.2. The Bertz CT molecular complexity index is 797. The topological polar surface area (TPSA) is 103 Å². The van der Waals surface area contributed by atoms with E-state index in [2.05, 4.69) is 25.6 Å². The first-order chi connectivity index (χ1) is 11.8. The maximum absolute atomic E-state index is 12.2. The van der Waals surface area contributed by atoms with Gasteiger partial charge in [-0.3, -0.25) is 4.79 Å². The minimum absolute atomic E-state index is 0.0784. The number of para-hydroxylation sites is 2. The summed E-state index contributed by atoms with van der Waals surface area (Å²) < 4.78 is 0. The number of aromatic amines is 1. The van der Waals surface area contributed by atoms with Crippen molar-refractivity contribution in [1.29, 1.82) is 0 Å². The van der Waals surface area contributed by atoms with E-state index >= 15 is 0 Å². The van der Waals surface area contributed by atoms with Gasteiger partial charge in [-0.1, -0.05) is 18.2 Å². The summed E-state index contributed by atoms with van der Waals surface area (Å²) in [6, 6.07) is 13.0. The van der Waals surface area contributed by atoms with Crippen molar-refractivity contribution in [3.05, 3.63) is 48.2 Å². The summed E-state index contributed by atoms with van der Waals surface area (Å²) in [5.74, 6) is 0.397. The molecular weight excluding hydrogens is 306 g/mol. The molecule has 0 unspecified atom stereocenters. The fraction of sp³-hybridized carbons (Fsp3) is 0.235. The van der Waals surface area contributed by atoms with Crippen molar-refractivity contribution in [2.45, 2.75) is 0 Å². The van der Waals surface area contributed by atoms with Crippen molar-refractivity contribution in [3.8, 4) is 11.5 Å². The molecule has 3 rings (SSSR count). The van der Waals surface area contributed by atoms with Crippen molar-refractivity contribution in [1.82, 2.24) is 25.6 Å². The predicted octanol–water partition coefficient (Wildman–Crippen LogP) is 0.937. The summed E-state index contributed by atoms with van der Waals surface area (Å²) in [6.07, 6.45) is 0. The van der Waals surface area contributed by atoms with Gasteiger partial charge >= 0.3 is 0 Å². The first-order valence-electron chi connectivity index (χ1n) is 7.80. The second kappa shape index (κ2) is 7.67. The van der Waals surface area contributed by atoms with Gasteiger partial charge in [0, 0.05) is 19.6 Å². The van der Waals surface area contributed by atoms with Crippen molar-refractivity contribution in [2.24, 2.45) is 0 Å². The van der Waals surface area contributed by atoms with Gasteiger partial charge in [0.15, 0.2) is 5.82 Å². The molecule has 7 nitrogen and oxygen atoms in total. The Hall–Kier alpha value is -2.77. The van der Waals surface area contributed by atoms with Crippen LogP contribution in [0.3, 0.4) is 0 Å². The van der Waals surface area contributed by atoms with Crippen LogP contribution in [0.4, 0.5) is 0 Å². The van der Waals surface area contributed by atoms with Crippen LogP contribution in [-0.2, 0) is 0 Å². The van der Waals surface area contributed by atoms with Crippen LogP contribution in [0.1, 0.15) is 10.5 Å². The zero-order valence-corrected chi connectivity index (χ0v) is 13.1. The van der Waals surface area contributed by atoms with Crippen molar-refractivity contribution >= 4 is 16.9 Å². The molecule has 1 aromatic carbocycles. The second-order valence-corrected chi connectivity index (χ2v) is 5.24. The number of nitrogens with one attached hydrogen (secondary N) is 3. The molecule has 0 saturated carbocycles. The average molecular weight is 325 g/mol. The van der Waals surface area contributed by atoms with Crippen LogP contribution < -0.4 is 10.6 Å². The van der Waals surface area contributed by atoms with E-state index in [4.69, 9.17) is 5.11 Å². The quantitative estimate of drug-likeness (QED) is 0.484. The average Bonchev–Trinajstić information content (AvgIpc) is 3.06. The number of amides is 1. The first-order valence-corrected chi connectivity index (χ1v) is 7.80. The Balaban J connectivity index is 1.70. The van der Waals surface area contributed by atoms with Crippen LogP contribution in [0.25, 0.3) is 22.6 Å². The lowest BCUT2D eigenvalue weighted by atomic mass is 10.3. The van der Waals surface area contributed by atoms with Gasteiger partial charge in [0.25, 0.3) is 5.91 Å². The number of H-pyrrole nitrogens is 1. The molecule has 24 heavy (non-hydrogen) atoms. The van der Waals surface area contributed by atoms with Gasteiger partial charge in [0.2, 0.25) is 0 Å². The standard InChI is InChI=1S/C17H19N5O2/c23-11-10-18-8-9-19-17(24)15-7-3-6-14(20-15)16-21-12-4-1-2-5-13(12)22-16/h1-7,18,23H,8-11H2,(H,19,24)(H,21,22). The predicted molar refractivity (Wildman–Crippen MR) is 91.6 cm³/mol. The van der Waals surface area contributed by atoms with E-state index in [1.165, 1.54) is 0 Å². The fourth-order valence-corrected chi connectivity index (χ4v) is 2.33. The molecule has 0 bridgehead atoms. The molecule has 2 heterocycles. The van der Waals surface area contributed by atoms with E-state index in [0.717, 1.165) is 11.0 Å². The van der Waals surface area contributed by atoms with Crippen LogP contribution in [0.5, 0.6) is 0 Å². The Morgan fingerprint density at radius 2 is 1.92 bits per heavy atom. The molecular formula is C17H19N5O2. The van der Waals surface area contributed by atoms with Crippen molar-refractivity contribution in [2.75, 3.05) is 26.2 Å². The minimum Gasteiger partial charge on any atom is -0.395 e. The molecule has 0 spiro atoms. The molecule has 0 fully saturated rings. The molecule has 0 aliphatic heterocycles. The van der Waals surface area contributed by atoms with E-state index < -0.39 is 0 Å². The van der Waals surface area contributed by atoms with Gasteiger partial charge < -0.3 is 20.7 Å². The number of aliphatic hydroxyl groups is 1. The van der Waals surface area contributed by atoms with Gasteiger partial charge in [0.1, 0.15) is 11.4 Å². The third kappa shape index (κ3) is 3.76. The number of fused-ring (bicyclic) bond motifs is 1. The number of carbonyl (C=O) groups excluding carboxylic acids is 1. The zero-order chi connectivity index (χ0) is 16.8. The molecule has 0 radical (unpaired) electrons. The highest BCUT2D eigenvalue weighted by Crippen LogP contribution is 2.18. The number of hydrogen-bond donors (Lipinski definition) is 4. The van der Waals surface area contributed by atoms with Gasteiger partial charge in [-0.2, -0.15) is 0 Å². The van der Waals surface area contributed by atoms with Crippen LogP contribution >= 0.6 is 0 Å². The van der Waals surface area contributed by atoms with Gasteiger partial charge in [-0.15, -0.1) is 0 Å². The number of nitrogens with zero attached hydrogens (tertiary/aromatic N) is 2. The van der Waals surface area contributed by atoms with Crippen LogP contribution in [0.2, 0.25) is 0 Å². The summed E-state index contributed by atoms with van der Waals surface area (Å²) in [5, 5.41) is 14.5. The number of benzene rings is 1. The number of carbonyl (C=O) groups is 1. The van der Waals surface area contributed by atoms with E-state index in [9.17, 15) is 4.79 Å². The molecule has 0 aliphatic rings. The summed E-state index contributed by atoms with van der Waals surface area (Å²) in [6.45, 7) is 1.65. The van der Waals surface area contributed by atoms with E-state index in [0.29, 0.717) is 36.8 Å². The molecule has 2 aromatic heterocycles. The maximum atomic E-state index is 12.2. The van der Waals surface area contributed by atoms with Gasteiger partial charge in [-0.05, 0) is 24.3 Å². The fourth-order valence-electron chi connectivity index (χ4n) is 2.33. The number of aromatic nitrogens is 3. The lowest BCUT2D eigenvalue weighted by Gasteiger charge is -2.06. The van der Waals surface area contributed by atoms with E-state index in [1.807, 2.05) is 30.3 Å². The number of aliphatic hydroxyl groups excluding tert-OH is 1.